The van der Waals surface area contributed by atoms with Gasteiger partial charge in [0.2, 0.25) is 0 Å². The zero-order valence-electron chi connectivity index (χ0n) is 6.10. The fourth-order valence-electron chi connectivity index (χ4n) is 0.875. The molecule has 0 radical (unpaired) electrons. The molecule has 58 valence electrons. The molecule has 0 amide bonds. The van der Waals surface area contributed by atoms with Gasteiger partial charge in [-0.2, -0.15) is 0 Å². The summed E-state index contributed by atoms with van der Waals surface area (Å²) < 4.78 is 0. The summed E-state index contributed by atoms with van der Waals surface area (Å²) in [6.07, 6.45) is 0.719. The quantitative estimate of drug-likeness (QED) is 0.517. The van der Waals surface area contributed by atoms with E-state index in [1.165, 1.54) is 0 Å². The van der Waals surface area contributed by atoms with Gasteiger partial charge in [0, 0.05) is 5.56 Å². The molecule has 0 atom stereocenters. The van der Waals surface area contributed by atoms with Gasteiger partial charge in [0.05, 0.1) is 10.7 Å². The molecule has 0 aromatic heterocycles. The smallest absolute Gasteiger partial charge is 0.152 e. The summed E-state index contributed by atoms with van der Waals surface area (Å²) in [6.45, 7) is 1.82. The number of nitrogen functional groups attached to an aromatic ring is 1. The van der Waals surface area contributed by atoms with Gasteiger partial charge < -0.3 is 5.73 Å². The van der Waals surface area contributed by atoms with Crippen molar-refractivity contribution >= 4 is 23.6 Å². The topological polar surface area (TPSA) is 43.1 Å². The summed E-state index contributed by atoms with van der Waals surface area (Å²) >= 11 is 5.68. The third-order valence-corrected chi connectivity index (χ3v) is 1.90. The summed E-state index contributed by atoms with van der Waals surface area (Å²) in [5.41, 5.74) is 7.23. The number of hydrogen-bond acceptors (Lipinski definition) is 2. The maximum absolute atomic E-state index is 10.5. The van der Waals surface area contributed by atoms with Crippen LogP contribution in [0, 0.1) is 6.92 Å². The molecule has 0 aliphatic heterocycles. The van der Waals surface area contributed by atoms with Crippen molar-refractivity contribution < 1.29 is 4.79 Å². The van der Waals surface area contributed by atoms with Gasteiger partial charge in [-0.15, -0.1) is 0 Å². The number of aldehydes is 1. The average Bonchev–Trinajstić information content (AvgIpc) is 1.99. The monoisotopic (exact) mass is 169 g/mol. The minimum absolute atomic E-state index is 0.363. The Labute approximate surface area is 70.0 Å². The van der Waals surface area contributed by atoms with E-state index in [0.29, 0.717) is 16.3 Å². The lowest BCUT2D eigenvalue weighted by Gasteiger charge is -2.03. The van der Waals surface area contributed by atoms with E-state index in [4.69, 9.17) is 17.3 Å². The maximum atomic E-state index is 10.5. The lowest BCUT2D eigenvalue weighted by atomic mass is 10.1. The van der Waals surface area contributed by atoms with Crippen LogP contribution in [0.3, 0.4) is 0 Å². The highest BCUT2D eigenvalue weighted by molar-refractivity contribution is 6.33. The van der Waals surface area contributed by atoms with Crippen LogP contribution in [0.1, 0.15) is 15.9 Å². The molecule has 1 rings (SSSR count). The molecule has 0 fully saturated rings. The Balaban J connectivity index is 3.40. The molecule has 0 bridgehead atoms. The lowest BCUT2D eigenvalue weighted by Crippen LogP contribution is -1.96. The van der Waals surface area contributed by atoms with E-state index in [-0.39, 0.29) is 0 Å². The molecule has 3 heteroatoms. The second-order valence-corrected chi connectivity index (χ2v) is 2.72. The minimum atomic E-state index is 0.363. The normalized spacial score (nSPS) is 9.64. The van der Waals surface area contributed by atoms with E-state index >= 15 is 0 Å². The number of rotatable bonds is 1. The predicted molar refractivity (Wildman–Crippen MR) is 46.0 cm³/mol. The molecule has 0 heterocycles. The molecule has 0 saturated carbocycles. The second-order valence-electron chi connectivity index (χ2n) is 2.31. The van der Waals surface area contributed by atoms with Crippen molar-refractivity contribution in [2.24, 2.45) is 0 Å². The van der Waals surface area contributed by atoms with Gasteiger partial charge in [-0.3, -0.25) is 4.79 Å². The van der Waals surface area contributed by atoms with Gasteiger partial charge in [-0.05, 0) is 18.6 Å². The Hall–Kier alpha value is -1.02. The maximum Gasteiger partial charge on any atom is 0.152 e. The first-order valence-corrected chi connectivity index (χ1v) is 3.54. The molecule has 0 unspecified atom stereocenters. The molecule has 0 aliphatic carbocycles. The Bertz CT molecular complexity index is 296. The molecule has 2 nitrogen and oxygen atoms in total. The lowest BCUT2D eigenvalue weighted by molar-refractivity contribution is 0.112. The highest BCUT2D eigenvalue weighted by atomic mass is 35.5. The first-order chi connectivity index (χ1) is 5.16. The molecular formula is C8H8ClNO. The number of hydrogen-bond donors (Lipinski definition) is 1. The van der Waals surface area contributed by atoms with E-state index in [0.717, 1.165) is 11.8 Å². The van der Waals surface area contributed by atoms with Gasteiger partial charge >= 0.3 is 0 Å². The Kier molecular flexibility index (Phi) is 2.15. The molecule has 2 N–H and O–H groups in total. The van der Waals surface area contributed by atoms with E-state index in [1.807, 2.05) is 6.92 Å². The van der Waals surface area contributed by atoms with Crippen LogP contribution in [0.4, 0.5) is 5.69 Å². The van der Waals surface area contributed by atoms with Crippen molar-refractivity contribution in [1.82, 2.24) is 0 Å². The summed E-state index contributed by atoms with van der Waals surface area (Å²) in [6, 6.07) is 3.45. The largest absolute Gasteiger partial charge is 0.397 e. The van der Waals surface area contributed by atoms with Crippen molar-refractivity contribution in [2.75, 3.05) is 5.73 Å². The van der Waals surface area contributed by atoms with Crippen LogP contribution in [-0.4, -0.2) is 6.29 Å². The van der Waals surface area contributed by atoms with E-state index in [9.17, 15) is 4.79 Å². The van der Waals surface area contributed by atoms with Crippen LogP contribution in [0.2, 0.25) is 5.02 Å². The van der Waals surface area contributed by atoms with Crippen LogP contribution in [0.5, 0.6) is 0 Å². The molecule has 11 heavy (non-hydrogen) atoms. The standard InChI is InChI=1S/C8H8ClNO/c1-5-2-3-7(9)8(10)6(5)4-11/h2-4H,10H2,1H3. The molecule has 0 spiro atoms. The summed E-state index contributed by atoms with van der Waals surface area (Å²) in [4.78, 5) is 10.5. The first kappa shape index (κ1) is 8.08. The van der Waals surface area contributed by atoms with E-state index < -0.39 is 0 Å². The van der Waals surface area contributed by atoms with E-state index in [1.54, 1.807) is 12.1 Å². The van der Waals surface area contributed by atoms with Crippen molar-refractivity contribution in [2.45, 2.75) is 6.92 Å². The van der Waals surface area contributed by atoms with Crippen LogP contribution >= 0.6 is 11.6 Å². The van der Waals surface area contributed by atoms with Crippen LogP contribution in [-0.2, 0) is 0 Å². The Morgan fingerprint density at radius 1 is 1.55 bits per heavy atom. The number of anilines is 1. The number of carbonyl (C=O) groups excluding carboxylic acids is 1. The SMILES string of the molecule is Cc1ccc(Cl)c(N)c1C=O. The zero-order chi connectivity index (χ0) is 8.43. The van der Waals surface area contributed by atoms with Crippen LogP contribution in [0.25, 0.3) is 0 Å². The second kappa shape index (κ2) is 2.93. The summed E-state index contributed by atoms with van der Waals surface area (Å²) in [5.74, 6) is 0. The third kappa shape index (κ3) is 1.35. The first-order valence-electron chi connectivity index (χ1n) is 3.16. The van der Waals surface area contributed by atoms with Crippen molar-refractivity contribution in [1.29, 1.82) is 0 Å². The highest BCUT2D eigenvalue weighted by Crippen LogP contribution is 2.23. The van der Waals surface area contributed by atoms with Crippen LogP contribution in [0.15, 0.2) is 12.1 Å². The summed E-state index contributed by atoms with van der Waals surface area (Å²) in [7, 11) is 0. The molecule has 0 aliphatic rings. The number of benzene rings is 1. The minimum Gasteiger partial charge on any atom is -0.397 e. The highest BCUT2D eigenvalue weighted by Gasteiger charge is 2.04. The van der Waals surface area contributed by atoms with Gasteiger partial charge in [0.25, 0.3) is 0 Å². The number of halogens is 1. The Morgan fingerprint density at radius 3 is 2.64 bits per heavy atom. The van der Waals surface area contributed by atoms with Gasteiger partial charge in [0.1, 0.15) is 0 Å². The number of carbonyl (C=O) groups is 1. The van der Waals surface area contributed by atoms with Crippen molar-refractivity contribution in [3.63, 3.8) is 0 Å². The third-order valence-electron chi connectivity index (χ3n) is 1.57. The van der Waals surface area contributed by atoms with E-state index in [2.05, 4.69) is 0 Å². The molecule has 0 saturated heterocycles. The summed E-state index contributed by atoms with van der Waals surface area (Å²) in [5, 5.41) is 0.428. The van der Waals surface area contributed by atoms with Gasteiger partial charge in [-0.25, -0.2) is 0 Å². The van der Waals surface area contributed by atoms with Crippen molar-refractivity contribution in [3.8, 4) is 0 Å². The van der Waals surface area contributed by atoms with Gasteiger partial charge in [-0.1, -0.05) is 17.7 Å². The fraction of sp³-hybridized carbons (Fsp3) is 0.125. The number of aryl methyl sites for hydroxylation is 1. The zero-order valence-corrected chi connectivity index (χ0v) is 6.85. The van der Waals surface area contributed by atoms with Crippen molar-refractivity contribution in [3.05, 3.63) is 28.3 Å². The molecule has 1 aromatic rings. The van der Waals surface area contributed by atoms with Crippen LogP contribution < -0.4 is 5.73 Å². The Morgan fingerprint density at radius 2 is 2.18 bits per heavy atom. The predicted octanol–water partition coefficient (Wildman–Crippen LogP) is 2.04. The molecular weight excluding hydrogens is 162 g/mol. The fourth-order valence-corrected chi connectivity index (χ4v) is 1.04. The average molecular weight is 170 g/mol. The molecule has 1 aromatic carbocycles. The van der Waals surface area contributed by atoms with Gasteiger partial charge in [0.15, 0.2) is 6.29 Å². The number of nitrogens with two attached hydrogens (primary N) is 1.